The highest BCUT2D eigenvalue weighted by molar-refractivity contribution is 6.80. The molecule has 2 heteroatoms. The van der Waals surface area contributed by atoms with Crippen LogP contribution in [0.5, 0.6) is 0 Å². The summed E-state index contributed by atoms with van der Waals surface area (Å²) in [7, 11) is -1.65. The van der Waals surface area contributed by atoms with E-state index in [-0.39, 0.29) is 0 Å². The predicted molar refractivity (Wildman–Crippen MR) is 95.0 cm³/mol. The third kappa shape index (κ3) is 4.82. The molecule has 0 atom stereocenters. The zero-order valence-corrected chi connectivity index (χ0v) is 15.3. The third-order valence-corrected chi connectivity index (χ3v) is 10.0. The molecule has 0 spiro atoms. The molecule has 0 unspecified atom stereocenters. The molecule has 0 N–H and O–H groups in total. The van der Waals surface area contributed by atoms with E-state index in [0.29, 0.717) is 0 Å². The number of allylic oxidation sites excluding steroid dienone is 3. The lowest BCUT2D eigenvalue weighted by Crippen LogP contribution is -2.40. The molecule has 2 aliphatic carbocycles. The standard InChI is InChI=1S/C19H34OSi/c1-3-21(4-2,19-15-11-7-8-12-16-19)20-17-18-13-9-5-6-10-14-18/h13,15H,3-12,14,16-17H2,1-2H3. The van der Waals surface area contributed by atoms with Gasteiger partial charge in [0.2, 0.25) is 8.32 Å². The molecule has 0 radical (unpaired) electrons. The maximum Gasteiger partial charge on any atom is 0.219 e. The minimum absolute atomic E-state index is 0.922. The minimum atomic E-state index is -1.65. The van der Waals surface area contributed by atoms with Gasteiger partial charge >= 0.3 is 0 Å². The average molecular weight is 307 g/mol. The summed E-state index contributed by atoms with van der Waals surface area (Å²) in [6.07, 6.45) is 18.5. The molecule has 0 aliphatic heterocycles. The lowest BCUT2D eigenvalue weighted by molar-refractivity contribution is 0.332. The summed E-state index contributed by atoms with van der Waals surface area (Å²) in [6, 6.07) is 2.51. The summed E-state index contributed by atoms with van der Waals surface area (Å²) in [4.78, 5) is 0. The van der Waals surface area contributed by atoms with Gasteiger partial charge in [-0.15, -0.1) is 0 Å². The normalized spacial score (nSPS) is 21.2. The van der Waals surface area contributed by atoms with Crippen LogP contribution in [0.4, 0.5) is 0 Å². The van der Waals surface area contributed by atoms with E-state index >= 15 is 0 Å². The number of rotatable bonds is 6. The monoisotopic (exact) mass is 306 g/mol. The molecule has 1 nitrogen and oxygen atoms in total. The first-order chi connectivity index (χ1) is 10.3. The molecule has 0 aromatic heterocycles. The molecular weight excluding hydrogens is 272 g/mol. The van der Waals surface area contributed by atoms with Gasteiger partial charge in [0.15, 0.2) is 0 Å². The zero-order chi connectivity index (χ0) is 15.0. The van der Waals surface area contributed by atoms with Crippen molar-refractivity contribution in [1.29, 1.82) is 0 Å². The van der Waals surface area contributed by atoms with Crippen LogP contribution in [0, 0.1) is 0 Å². The van der Waals surface area contributed by atoms with E-state index in [2.05, 4.69) is 26.0 Å². The van der Waals surface area contributed by atoms with Crippen molar-refractivity contribution < 1.29 is 4.43 Å². The highest BCUT2D eigenvalue weighted by Crippen LogP contribution is 2.33. The van der Waals surface area contributed by atoms with Crippen LogP contribution in [-0.4, -0.2) is 14.9 Å². The molecule has 0 fully saturated rings. The van der Waals surface area contributed by atoms with Crippen LogP contribution < -0.4 is 0 Å². The van der Waals surface area contributed by atoms with Crippen LogP contribution in [-0.2, 0) is 4.43 Å². The van der Waals surface area contributed by atoms with E-state index in [1.165, 1.54) is 76.3 Å². The molecule has 0 amide bonds. The third-order valence-electron chi connectivity index (χ3n) is 5.44. The van der Waals surface area contributed by atoms with E-state index in [1.807, 2.05) is 0 Å². The first-order valence-electron chi connectivity index (χ1n) is 9.32. The fourth-order valence-electron chi connectivity index (χ4n) is 3.87. The van der Waals surface area contributed by atoms with Crippen molar-refractivity contribution in [2.45, 2.75) is 90.1 Å². The van der Waals surface area contributed by atoms with E-state index in [0.717, 1.165) is 6.61 Å². The van der Waals surface area contributed by atoms with Crippen LogP contribution >= 0.6 is 0 Å². The lowest BCUT2D eigenvalue weighted by atomic mass is 10.1. The molecule has 0 aromatic carbocycles. The number of hydrogen-bond donors (Lipinski definition) is 0. The van der Waals surface area contributed by atoms with Gasteiger partial charge in [-0.25, -0.2) is 0 Å². The SMILES string of the molecule is CC[Si](CC)(OCC1=CCCCCC1)C1=CCCCCC1. The van der Waals surface area contributed by atoms with E-state index in [9.17, 15) is 0 Å². The lowest BCUT2D eigenvalue weighted by Gasteiger charge is -2.32. The summed E-state index contributed by atoms with van der Waals surface area (Å²) in [6.45, 7) is 5.65. The average Bonchev–Trinajstić information content (AvgIpc) is 2.94. The molecule has 0 bridgehead atoms. The van der Waals surface area contributed by atoms with E-state index in [4.69, 9.17) is 4.43 Å². The fraction of sp³-hybridized carbons (Fsp3) is 0.789. The van der Waals surface area contributed by atoms with Crippen molar-refractivity contribution in [3.8, 4) is 0 Å². The van der Waals surface area contributed by atoms with Gasteiger partial charge in [-0.2, -0.15) is 0 Å². The Hall–Kier alpha value is -0.343. The molecular formula is C19H34OSi. The second kappa shape index (κ2) is 8.95. The zero-order valence-electron chi connectivity index (χ0n) is 14.3. The molecule has 0 saturated heterocycles. The molecule has 2 aliphatic rings. The second-order valence-corrected chi connectivity index (χ2v) is 11.1. The van der Waals surface area contributed by atoms with Crippen LogP contribution in [0.1, 0.15) is 78.1 Å². The Morgan fingerprint density at radius 3 is 2.24 bits per heavy atom. The van der Waals surface area contributed by atoms with Crippen LogP contribution in [0.2, 0.25) is 12.1 Å². The smallest absolute Gasteiger partial charge is 0.219 e. The van der Waals surface area contributed by atoms with Gasteiger partial charge < -0.3 is 4.43 Å². The van der Waals surface area contributed by atoms with Crippen molar-refractivity contribution in [1.82, 2.24) is 0 Å². The van der Waals surface area contributed by atoms with Gasteiger partial charge in [-0.1, -0.05) is 44.0 Å². The van der Waals surface area contributed by atoms with Gasteiger partial charge in [0.1, 0.15) is 0 Å². The molecule has 21 heavy (non-hydrogen) atoms. The first kappa shape index (κ1) is 17.0. The maximum atomic E-state index is 6.72. The van der Waals surface area contributed by atoms with E-state index in [1.54, 1.807) is 10.8 Å². The Balaban J connectivity index is 2.02. The second-order valence-electron chi connectivity index (χ2n) is 6.78. The Labute approximate surface area is 133 Å². The highest BCUT2D eigenvalue weighted by atomic mass is 28.4. The Kier molecular flexibility index (Phi) is 7.25. The summed E-state index contributed by atoms with van der Waals surface area (Å²) in [5.41, 5.74) is 1.58. The van der Waals surface area contributed by atoms with Crippen molar-refractivity contribution >= 4 is 8.32 Å². The molecule has 0 aromatic rings. The van der Waals surface area contributed by atoms with Crippen molar-refractivity contribution in [3.63, 3.8) is 0 Å². The summed E-state index contributed by atoms with van der Waals surface area (Å²) >= 11 is 0. The molecule has 0 saturated carbocycles. The van der Waals surface area contributed by atoms with E-state index < -0.39 is 8.32 Å². The topological polar surface area (TPSA) is 9.23 Å². The van der Waals surface area contributed by atoms with Crippen molar-refractivity contribution in [2.75, 3.05) is 6.61 Å². The summed E-state index contributed by atoms with van der Waals surface area (Å²) < 4.78 is 6.72. The Morgan fingerprint density at radius 1 is 0.857 bits per heavy atom. The van der Waals surface area contributed by atoms with Gasteiger partial charge in [-0.05, 0) is 69.0 Å². The summed E-state index contributed by atoms with van der Waals surface area (Å²) in [5.74, 6) is 0. The molecule has 2 rings (SSSR count). The first-order valence-corrected chi connectivity index (χ1v) is 11.6. The fourth-order valence-corrected chi connectivity index (χ4v) is 7.49. The molecule has 0 heterocycles. The van der Waals surface area contributed by atoms with Crippen LogP contribution in [0.25, 0.3) is 0 Å². The predicted octanol–water partition coefficient (Wildman–Crippen LogP) is 6.31. The molecule has 120 valence electrons. The van der Waals surface area contributed by atoms with Gasteiger partial charge in [0, 0.05) is 0 Å². The minimum Gasteiger partial charge on any atom is -0.409 e. The van der Waals surface area contributed by atoms with Crippen molar-refractivity contribution in [3.05, 3.63) is 22.9 Å². The Morgan fingerprint density at radius 2 is 1.52 bits per heavy atom. The van der Waals surface area contributed by atoms with Crippen LogP contribution in [0.3, 0.4) is 0 Å². The quantitative estimate of drug-likeness (QED) is 0.413. The number of hydrogen-bond acceptors (Lipinski definition) is 1. The highest BCUT2D eigenvalue weighted by Gasteiger charge is 2.35. The van der Waals surface area contributed by atoms with Gasteiger partial charge in [-0.3, -0.25) is 0 Å². The van der Waals surface area contributed by atoms with Crippen LogP contribution in [0.15, 0.2) is 22.9 Å². The summed E-state index contributed by atoms with van der Waals surface area (Å²) in [5, 5.41) is 1.74. The Bertz CT molecular complexity index is 366. The van der Waals surface area contributed by atoms with Gasteiger partial charge in [0.25, 0.3) is 0 Å². The largest absolute Gasteiger partial charge is 0.409 e. The maximum absolute atomic E-state index is 6.72. The van der Waals surface area contributed by atoms with Gasteiger partial charge in [0.05, 0.1) is 6.61 Å². The van der Waals surface area contributed by atoms with Crippen molar-refractivity contribution in [2.24, 2.45) is 0 Å².